The lowest BCUT2D eigenvalue weighted by Crippen LogP contribution is -2.04. The molecule has 0 aliphatic heterocycles. The van der Waals surface area contributed by atoms with E-state index in [0.717, 1.165) is 0 Å². The number of aliphatic carboxylic acids is 1. The van der Waals surface area contributed by atoms with Crippen molar-refractivity contribution in [2.45, 2.75) is 19.3 Å². The molecule has 1 rings (SSSR count). The van der Waals surface area contributed by atoms with E-state index in [9.17, 15) is 4.79 Å². The lowest BCUT2D eigenvalue weighted by molar-refractivity contribution is -0.137. The van der Waals surface area contributed by atoms with Crippen molar-refractivity contribution in [3.63, 3.8) is 0 Å². The van der Waals surface area contributed by atoms with E-state index in [1.807, 2.05) is 13.0 Å². The monoisotopic (exact) mass is 219 g/mol. The number of carboxylic acid groups (broad SMARTS) is 1. The lowest BCUT2D eigenvalue weighted by Gasteiger charge is -2.09. The molecule has 0 saturated carbocycles. The second kappa shape index (κ2) is 5.76. The molecule has 0 aliphatic rings. The molecule has 84 valence electrons. The average molecular weight is 219 g/mol. The Kier molecular flexibility index (Phi) is 4.34. The third-order valence-corrected chi connectivity index (χ3v) is 2.11. The number of nitriles is 1. The molecule has 0 bridgehead atoms. The summed E-state index contributed by atoms with van der Waals surface area (Å²) in [6.45, 7) is 2.41. The van der Waals surface area contributed by atoms with Crippen molar-refractivity contribution >= 4 is 5.97 Å². The van der Waals surface area contributed by atoms with Crippen LogP contribution in [0.1, 0.15) is 24.8 Å². The van der Waals surface area contributed by atoms with Gasteiger partial charge in [0.25, 0.3) is 0 Å². The van der Waals surface area contributed by atoms with E-state index in [2.05, 4.69) is 0 Å². The summed E-state index contributed by atoms with van der Waals surface area (Å²) in [5.74, 6) is -0.947. The van der Waals surface area contributed by atoms with Gasteiger partial charge in [0.05, 0.1) is 25.0 Å². The van der Waals surface area contributed by atoms with E-state index >= 15 is 0 Å². The van der Waals surface area contributed by atoms with Crippen molar-refractivity contribution in [3.05, 3.63) is 29.8 Å². The Morgan fingerprint density at radius 1 is 1.62 bits per heavy atom. The maximum absolute atomic E-state index is 10.6. The van der Waals surface area contributed by atoms with Crippen molar-refractivity contribution in [3.8, 4) is 11.8 Å². The van der Waals surface area contributed by atoms with Crippen LogP contribution in [-0.4, -0.2) is 17.7 Å². The highest BCUT2D eigenvalue weighted by atomic mass is 16.5. The molecule has 1 atom stereocenters. The number of hydrogen-bond acceptors (Lipinski definition) is 3. The summed E-state index contributed by atoms with van der Waals surface area (Å²) in [7, 11) is 0. The SMILES string of the molecule is CCOc1cccc(C(C#N)CC(=O)O)c1. The van der Waals surface area contributed by atoms with Crippen molar-refractivity contribution in [2.75, 3.05) is 6.61 Å². The van der Waals surface area contributed by atoms with Crippen molar-refractivity contribution in [2.24, 2.45) is 0 Å². The van der Waals surface area contributed by atoms with Crippen LogP contribution in [0.3, 0.4) is 0 Å². The van der Waals surface area contributed by atoms with E-state index in [-0.39, 0.29) is 6.42 Å². The van der Waals surface area contributed by atoms with Gasteiger partial charge in [0.15, 0.2) is 0 Å². The number of nitrogens with zero attached hydrogens (tertiary/aromatic N) is 1. The topological polar surface area (TPSA) is 70.3 Å². The molecule has 1 unspecified atom stereocenters. The minimum atomic E-state index is -0.978. The molecule has 0 radical (unpaired) electrons. The quantitative estimate of drug-likeness (QED) is 0.823. The molecule has 1 N–H and O–H groups in total. The second-order valence-electron chi connectivity index (χ2n) is 3.29. The van der Waals surface area contributed by atoms with Gasteiger partial charge in [0, 0.05) is 0 Å². The van der Waals surface area contributed by atoms with Crippen LogP contribution in [0.5, 0.6) is 5.75 Å². The first-order chi connectivity index (χ1) is 7.67. The van der Waals surface area contributed by atoms with Crippen LogP contribution in [0.15, 0.2) is 24.3 Å². The summed E-state index contributed by atoms with van der Waals surface area (Å²) in [6, 6.07) is 8.96. The largest absolute Gasteiger partial charge is 0.494 e. The molecule has 16 heavy (non-hydrogen) atoms. The minimum absolute atomic E-state index is 0.188. The molecule has 1 aromatic rings. The van der Waals surface area contributed by atoms with Crippen LogP contribution in [-0.2, 0) is 4.79 Å². The normalized spacial score (nSPS) is 11.5. The van der Waals surface area contributed by atoms with Crippen LogP contribution in [0.2, 0.25) is 0 Å². The first-order valence-corrected chi connectivity index (χ1v) is 5.01. The van der Waals surface area contributed by atoms with Crippen molar-refractivity contribution in [1.82, 2.24) is 0 Å². The van der Waals surface area contributed by atoms with Gasteiger partial charge in [-0.2, -0.15) is 5.26 Å². The molecular formula is C12H13NO3. The van der Waals surface area contributed by atoms with Crippen LogP contribution in [0, 0.1) is 11.3 Å². The number of rotatable bonds is 5. The zero-order valence-corrected chi connectivity index (χ0v) is 9.01. The Bertz CT molecular complexity index is 409. The molecular weight excluding hydrogens is 206 g/mol. The van der Waals surface area contributed by atoms with Gasteiger partial charge in [-0.15, -0.1) is 0 Å². The van der Waals surface area contributed by atoms with Gasteiger partial charge in [0.1, 0.15) is 5.75 Å². The van der Waals surface area contributed by atoms with Crippen LogP contribution < -0.4 is 4.74 Å². The van der Waals surface area contributed by atoms with Crippen LogP contribution in [0.4, 0.5) is 0 Å². The fourth-order valence-electron chi connectivity index (χ4n) is 1.40. The number of benzene rings is 1. The van der Waals surface area contributed by atoms with Crippen LogP contribution in [0.25, 0.3) is 0 Å². The maximum Gasteiger partial charge on any atom is 0.305 e. The average Bonchev–Trinajstić information content (AvgIpc) is 2.26. The third kappa shape index (κ3) is 3.28. The van der Waals surface area contributed by atoms with Crippen LogP contribution >= 0.6 is 0 Å². The Balaban J connectivity index is 2.88. The molecule has 0 aromatic heterocycles. The highest BCUT2D eigenvalue weighted by Crippen LogP contribution is 2.23. The first-order valence-electron chi connectivity index (χ1n) is 5.01. The zero-order chi connectivity index (χ0) is 12.0. The van der Waals surface area contributed by atoms with E-state index in [1.165, 1.54) is 0 Å². The van der Waals surface area contributed by atoms with Gasteiger partial charge in [0.2, 0.25) is 0 Å². The van der Waals surface area contributed by atoms with Gasteiger partial charge in [-0.25, -0.2) is 0 Å². The maximum atomic E-state index is 10.6. The highest BCUT2D eigenvalue weighted by Gasteiger charge is 2.15. The zero-order valence-electron chi connectivity index (χ0n) is 9.01. The number of hydrogen-bond donors (Lipinski definition) is 1. The summed E-state index contributed by atoms with van der Waals surface area (Å²) in [6.07, 6.45) is -0.188. The Labute approximate surface area is 94.1 Å². The summed E-state index contributed by atoms with van der Waals surface area (Å²) < 4.78 is 5.29. The Hall–Kier alpha value is -2.02. The Morgan fingerprint density at radius 3 is 2.94 bits per heavy atom. The predicted molar refractivity (Wildman–Crippen MR) is 58.2 cm³/mol. The molecule has 0 saturated heterocycles. The predicted octanol–water partition coefficient (Wildman–Crippen LogP) is 2.17. The van der Waals surface area contributed by atoms with E-state index in [0.29, 0.717) is 17.9 Å². The van der Waals surface area contributed by atoms with Gasteiger partial charge >= 0.3 is 5.97 Å². The number of carbonyl (C=O) groups is 1. The van der Waals surface area contributed by atoms with E-state index < -0.39 is 11.9 Å². The molecule has 0 fully saturated rings. The minimum Gasteiger partial charge on any atom is -0.494 e. The molecule has 0 heterocycles. The lowest BCUT2D eigenvalue weighted by atomic mass is 9.97. The number of ether oxygens (including phenoxy) is 1. The van der Waals surface area contributed by atoms with E-state index in [1.54, 1.807) is 24.3 Å². The standard InChI is InChI=1S/C12H13NO3/c1-2-16-11-5-3-4-9(6-11)10(8-13)7-12(14)15/h3-6,10H,2,7H2,1H3,(H,14,15). The van der Waals surface area contributed by atoms with Gasteiger partial charge in [-0.05, 0) is 24.6 Å². The molecule has 4 heteroatoms. The van der Waals surface area contributed by atoms with Gasteiger partial charge < -0.3 is 9.84 Å². The van der Waals surface area contributed by atoms with Crippen molar-refractivity contribution in [1.29, 1.82) is 5.26 Å². The highest BCUT2D eigenvalue weighted by molar-refractivity contribution is 5.68. The Morgan fingerprint density at radius 2 is 2.38 bits per heavy atom. The molecule has 0 spiro atoms. The molecule has 0 amide bonds. The number of carboxylic acids is 1. The summed E-state index contributed by atoms with van der Waals surface area (Å²) in [4.78, 5) is 10.6. The molecule has 4 nitrogen and oxygen atoms in total. The van der Waals surface area contributed by atoms with Gasteiger partial charge in [-0.1, -0.05) is 12.1 Å². The molecule has 1 aromatic carbocycles. The summed E-state index contributed by atoms with van der Waals surface area (Å²) in [5.41, 5.74) is 0.677. The fraction of sp³-hybridized carbons (Fsp3) is 0.333. The van der Waals surface area contributed by atoms with E-state index in [4.69, 9.17) is 15.1 Å². The third-order valence-electron chi connectivity index (χ3n) is 2.11. The smallest absolute Gasteiger partial charge is 0.305 e. The van der Waals surface area contributed by atoms with Gasteiger partial charge in [-0.3, -0.25) is 4.79 Å². The first kappa shape index (κ1) is 12.1. The summed E-state index contributed by atoms with van der Waals surface area (Å²) >= 11 is 0. The molecule has 0 aliphatic carbocycles. The fourth-order valence-corrected chi connectivity index (χ4v) is 1.40. The second-order valence-corrected chi connectivity index (χ2v) is 3.29. The summed E-state index contributed by atoms with van der Waals surface area (Å²) in [5, 5.41) is 17.6. The van der Waals surface area contributed by atoms with Crippen molar-refractivity contribution < 1.29 is 14.6 Å².